The van der Waals surface area contributed by atoms with E-state index in [1.54, 1.807) is 42.5 Å². The lowest BCUT2D eigenvalue weighted by Crippen LogP contribution is -2.17. The smallest absolute Gasteiger partial charge is 0.255 e. The molecule has 134 valence electrons. The Bertz CT molecular complexity index is 1070. The molecule has 6 heteroatoms. The van der Waals surface area contributed by atoms with E-state index in [0.717, 1.165) is 6.07 Å². The van der Waals surface area contributed by atoms with Crippen LogP contribution in [0.1, 0.15) is 26.3 Å². The molecule has 2 N–H and O–H groups in total. The average Bonchev–Trinajstić information content (AvgIpc) is 3.06. The van der Waals surface area contributed by atoms with Crippen LogP contribution in [-0.2, 0) is 6.54 Å². The zero-order chi connectivity index (χ0) is 19.0. The maximum absolute atomic E-state index is 14.2. The first-order valence-electron chi connectivity index (χ1n) is 8.30. The Labute approximate surface area is 153 Å². The third-order valence-electron chi connectivity index (χ3n) is 4.47. The van der Waals surface area contributed by atoms with Crippen molar-refractivity contribution in [1.82, 2.24) is 5.32 Å². The van der Waals surface area contributed by atoms with Crippen LogP contribution >= 0.6 is 0 Å². The number of fused-ring (bicyclic) bond motifs is 1. The number of carbonyl (C=O) groups is 2. The Morgan fingerprint density at radius 3 is 2.44 bits per heavy atom. The number of halogens is 2. The third kappa shape index (κ3) is 3.06. The van der Waals surface area contributed by atoms with Crippen molar-refractivity contribution in [3.8, 4) is 11.1 Å². The fourth-order valence-corrected chi connectivity index (χ4v) is 3.20. The normalized spacial score (nSPS) is 12.4. The van der Waals surface area contributed by atoms with Gasteiger partial charge in [0.2, 0.25) is 0 Å². The molecule has 0 fully saturated rings. The van der Waals surface area contributed by atoms with Crippen molar-refractivity contribution in [3.05, 3.63) is 89.0 Å². The van der Waals surface area contributed by atoms with Crippen LogP contribution in [0.4, 0.5) is 14.5 Å². The monoisotopic (exact) mass is 364 g/mol. The van der Waals surface area contributed by atoms with E-state index < -0.39 is 11.6 Å². The Morgan fingerprint density at radius 2 is 1.70 bits per heavy atom. The number of hydrogen-bond acceptors (Lipinski definition) is 2. The Kier molecular flexibility index (Phi) is 4.16. The van der Waals surface area contributed by atoms with E-state index in [4.69, 9.17) is 0 Å². The van der Waals surface area contributed by atoms with Gasteiger partial charge in [0.25, 0.3) is 11.8 Å². The summed E-state index contributed by atoms with van der Waals surface area (Å²) >= 11 is 0. The first kappa shape index (κ1) is 16.9. The number of hydrogen-bond donors (Lipinski definition) is 2. The Balaban J connectivity index is 1.77. The van der Waals surface area contributed by atoms with Crippen LogP contribution in [0.5, 0.6) is 0 Å². The van der Waals surface area contributed by atoms with Crippen LogP contribution in [0.25, 0.3) is 11.1 Å². The van der Waals surface area contributed by atoms with Crippen LogP contribution in [0.2, 0.25) is 0 Å². The molecule has 0 saturated carbocycles. The lowest BCUT2D eigenvalue weighted by molar-refractivity contribution is 0.0966. The highest BCUT2D eigenvalue weighted by Gasteiger charge is 2.27. The lowest BCUT2D eigenvalue weighted by Gasteiger charge is -2.13. The van der Waals surface area contributed by atoms with Crippen molar-refractivity contribution in [3.63, 3.8) is 0 Å². The summed E-state index contributed by atoms with van der Waals surface area (Å²) in [5.41, 5.74) is 2.35. The van der Waals surface area contributed by atoms with Crippen LogP contribution in [0.15, 0.2) is 60.7 Å². The Morgan fingerprint density at radius 1 is 0.963 bits per heavy atom. The van der Waals surface area contributed by atoms with Crippen molar-refractivity contribution < 1.29 is 18.4 Å². The van der Waals surface area contributed by atoms with Crippen molar-refractivity contribution in [1.29, 1.82) is 0 Å². The number of amides is 2. The second-order valence-corrected chi connectivity index (χ2v) is 6.14. The van der Waals surface area contributed by atoms with E-state index in [2.05, 4.69) is 10.6 Å². The molecule has 1 heterocycles. The summed E-state index contributed by atoms with van der Waals surface area (Å²) in [5.74, 6) is -2.08. The van der Waals surface area contributed by atoms with Gasteiger partial charge in [-0.3, -0.25) is 9.59 Å². The molecule has 3 aromatic rings. The van der Waals surface area contributed by atoms with Crippen LogP contribution in [-0.4, -0.2) is 11.8 Å². The topological polar surface area (TPSA) is 58.2 Å². The van der Waals surface area contributed by atoms with Crippen molar-refractivity contribution >= 4 is 17.5 Å². The molecule has 0 radical (unpaired) electrons. The zero-order valence-electron chi connectivity index (χ0n) is 14.1. The number of rotatable bonds is 3. The maximum Gasteiger partial charge on any atom is 0.255 e. The maximum atomic E-state index is 14.2. The van der Waals surface area contributed by atoms with Gasteiger partial charge in [-0.05, 0) is 41.5 Å². The minimum atomic E-state index is -0.711. The molecule has 4 nitrogen and oxygen atoms in total. The summed E-state index contributed by atoms with van der Waals surface area (Å²) in [5, 5.41) is 5.43. The molecule has 0 spiro atoms. The summed E-state index contributed by atoms with van der Waals surface area (Å²) in [7, 11) is 0. The van der Waals surface area contributed by atoms with Crippen LogP contribution < -0.4 is 10.6 Å². The molecular weight excluding hydrogens is 350 g/mol. The van der Waals surface area contributed by atoms with E-state index in [1.165, 1.54) is 12.1 Å². The van der Waals surface area contributed by atoms with Gasteiger partial charge >= 0.3 is 0 Å². The second-order valence-electron chi connectivity index (χ2n) is 6.14. The summed E-state index contributed by atoms with van der Waals surface area (Å²) in [6.45, 7) is 0.204. The van der Waals surface area contributed by atoms with Crippen molar-refractivity contribution in [2.45, 2.75) is 6.54 Å². The molecule has 0 bridgehead atoms. The molecule has 0 aromatic heterocycles. The quantitative estimate of drug-likeness (QED) is 0.734. The Hall–Kier alpha value is -3.54. The van der Waals surface area contributed by atoms with E-state index in [0.29, 0.717) is 27.9 Å². The molecular formula is C21H14F2N2O2. The SMILES string of the molecule is O=C(Nc1ccc(-c2ccc(F)cc2F)c2c1C(=O)NC2)c1ccccc1. The van der Waals surface area contributed by atoms with Gasteiger partial charge < -0.3 is 10.6 Å². The highest BCUT2D eigenvalue weighted by atomic mass is 19.1. The second kappa shape index (κ2) is 6.64. The lowest BCUT2D eigenvalue weighted by atomic mass is 9.95. The van der Waals surface area contributed by atoms with Gasteiger partial charge in [-0.1, -0.05) is 24.3 Å². The van der Waals surface area contributed by atoms with E-state index in [1.807, 2.05) is 0 Å². The van der Waals surface area contributed by atoms with E-state index in [9.17, 15) is 18.4 Å². The predicted molar refractivity (Wildman–Crippen MR) is 97.4 cm³/mol. The standard InChI is InChI=1S/C21H14F2N2O2/c22-13-6-7-15(17(23)10-13)14-8-9-18(19-16(14)11-24-21(19)27)25-20(26)12-4-2-1-3-5-12/h1-10H,11H2,(H,24,27)(H,25,26). The molecule has 1 aliphatic rings. The molecule has 1 aliphatic heterocycles. The fraction of sp³-hybridized carbons (Fsp3) is 0.0476. The molecule has 27 heavy (non-hydrogen) atoms. The van der Waals surface area contributed by atoms with Crippen LogP contribution in [0.3, 0.4) is 0 Å². The first-order valence-corrected chi connectivity index (χ1v) is 8.30. The summed E-state index contributed by atoms with van der Waals surface area (Å²) in [4.78, 5) is 24.7. The summed E-state index contributed by atoms with van der Waals surface area (Å²) < 4.78 is 27.4. The molecule has 4 rings (SSSR count). The van der Waals surface area contributed by atoms with Gasteiger partial charge in [-0.25, -0.2) is 8.78 Å². The predicted octanol–water partition coefficient (Wildman–Crippen LogP) is 4.13. The van der Waals surface area contributed by atoms with Gasteiger partial charge in [0.1, 0.15) is 11.6 Å². The minimum Gasteiger partial charge on any atom is -0.348 e. The van der Waals surface area contributed by atoms with Crippen molar-refractivity contribution in [2.75, 3.05) is 5.32 Å². The van der Waals surface area contributed by atoms with Gasteiger partial charge in [-0.15, -0.1) is 0 Å². The van der Waals surface area contributed by atoms with Gasteiger partial charge in [0, 0.05) is 23.7 Å². The number of nitrogens with one attached hydrogen (secondary N) is 2. The number of anilines is 1. The average molecular weight is 364 g/mol. The summed E-state index contributed by atoms with van der Waals surface area (Å²) in [6, 6.07) is 15.1. The molecule has 0 aliphatic carbocycles. The van der Waals surface area contributed by atoms with Gasteiger partial charge in [0.05, 0.1) is 11.3 Å². The van der Waals surface area contributed by atoms with E-state index in [-0.39, 0.29) is 23.9 Å². The van der Waals surface area contributed by atoms with Gasteiger partial charge in [-0.2, -0.15) is 0 Å². The third-order valence-corrected chi connectivity index (χ3v) is 4.47. The molecule has 0 atom stereocenters. The zero-order valence-corrected chi connectivity index (χ0v) is 14.1. The molecule has 0 unspecified atom stereocenters. The summed E-state index contributed by atoms with van der Waals surface area (Å²) in [6.07, 6.45) is 0. The highest BCUT2D eigenvalue weighted by Crippen LogP contribution is 2.35. The van der Waals surface area contributed by atoms with E-state index >= 15 is 0 Å². The number of benzene rings is 3. The molecule has 3 aromatic carbocycles. The largest absolute Gasteiger partial charge is 0.348 e. The first-order chi connectivity index (χ1) is 13.0. The van der Waals surface area contributed by atoms with Crippen LogP contribution in [0, 0.1) is 11.6 Å². The van der Waals surface area contributed by atoms with Gasteiger partial charge in [0.15, 0.2) is 0 Å². The minimum absolute atomic E-state index is 0.199. The van der Waals surface area contributed by atoms with Crippen molar-refractivity contribution in [2.24, 2.45) is 0 Å². The molecule has 0 saturated heterocycles. The number of carbonyl (C=O) groups excluding carboxylic acids is 2. The molecule has 2 amide bonds. The highest BCUT2D eigenvalue weighted by molar-refractivity contribution is 6.11. The fourth-order valence-electron chi connectivity index (χ4n) is 3.20.